The van der Waals surface area contributed by atoms with Crippen LogP contribution in [0.15, 0.2) is 36.4 Å². The van der Waals surface area contributed by atoms with Gasteiger partial charge in [-0.2, -0.15) is 0 Å². The van der Waals surface area contributed by atoms with Crippen LogP contribution in [0.3, 0.4) is 0 Å². The largest absolute Gasteiger partial charge is 0.496 e. The molecule has 0 saturated heterocycles. The van der Waals surface area contributed by atoms with Crippen molar-refractivity contribution in [2.24, 2.45) is 0 Å². The van der Waals surface area contributed by atoms with Gasteiger partial charge in [-0.05, 0) is 57.2 Å². The quantitative estimate of drug-likeness (QED) is 0.352. The number of rotatable bonds is 12. The molecule has 0 heterocycles. The maximum atomic E-state index is 13.4. The molecule has 174 valence electrons. The van der Waals surface area contributed by atoms with E-state index >= 15 is 0 Å². The first kappa shape index (κ1) is 25.2. The normalized spacial score (nSPS) is 10.5. The molecule has 1 amide bonds. The topological polar surface area (TPSA) is 65.1 Å². The number of carbonyl (C=O) groups excluding carboxylic acids is 2. The van der Waals surface area contributed by atoms with Crippen LogP contribution in [0, 0.1) is 13.8 Å². The van der Waals surface area contributed by atoms with Gasteiger partial charge in [0, 0.05) is 30.6 Å². The summed E-state index contributed by atoms with van der Waals surface area (Å²) in [5, 5.41) is 0. The Kier molecular flexibility index (Phi) is 10.1. The van der Waals surface area contributed by atoms with Gasteiger partial charge in [0.05, 0.1) is 21.3 Å². The van der Waals surface area contributed by atoms with E-state index in [1.807, 2.05) is 11.8 Å². The smallest absolute Gasteiger partial charge is 0.305 e. The van der Waals surface area contributed by atoms with E-state index in [0.717, 1.165) is 24.8 Å². The summed E-state index contributed by atoms with van der Waals surface area (Å²) in [4.78, 5) is 26.7. The van der Waals surface area contributed by atoms with E-state index in [1.165, 1.54) is 18.2 Å². The van der Waals surface area contributed by atoms with E-state index in [-0.39, 0.29) is 11.9 Å². The van der Waals surface area contributed by atoms with Crippen molar-refractivity contribution < 1.29 is 23.8 Å². The minimum absolute atomic E-state index is 0.0658. The van der Waals surface area contributed by atoms with Crippen LogP contribution in [0.5, 0.6) is 11.5 Å². The minimum Gasteiger partial charge on any atom is -0.496 e. The average molecular weight is 442 g/mol. The Labute approximate surface area is 191 Å². The molecule has 0 unspecified atom stereocenters. The van der Waals surface area contributed by atoms with Crippen molar-refractivity contribution in [3.63, 3.8) is 0 Å². The van der Waals surface area contributed by atoms with E-state index in [4.69, 9.17) is 14.2 Å². The highest BCUT2D eigenvalue weighted by molar-refractivity contribution is 5.95. The van der Waals surface area contributed by atoms with E-state index < -0.39 is 0 Å². The Morgan fingerprint density at radius 3 is 2.12 bits per heavy atom. The molecule has 0 spiro atoms. The molecule has 6 nitrogen and oxygen atoms in total. The zero-order chi connectivity index (χ0) is 23.5. The molecule has 0 aliphatic heterocycles. The number of benzene rings is 2. The van der Waals surface area contributed by atoms with Crippen LogP contribution in [-0.4, -0.2) is 51.2 Å². The van der Waals surface area contributed by atoms with Crippen molar-refractivity contribution in [2.45, 2.75) is 46.0 Å². The zero-order valence-electron chi connectivity index (χ0n) is 19.9. The average Bonchev–Trinajstić information content (AvgIpc) is 2.80. The highest BCUT2D eigenvalue weighted by Gasteiger charge is 2.19. The maximum absolute atomic E-state index is 13.4. The lowest BCUT2D eigenvalue weighted by molar-refractivity contribution is -0.140. The van der Waals surface area contributed by atoms with Crippen molar-refractivity contribution in [1.82, 2.24) is 4.90 Å². The molecule has 0 radical (unpaired) electrons. The first-order valence-corrected chi connectivity index (χ1v) is 11.0. The van der Waals surface area contributed by atoms with E-state index in [1.54, 1.807) is 26.4 Å². The summed E-state index contributed by atoms with van der Waals surface area (Å²) >= 11 is 0. The Bertz CT molecular complexity index is 884. The minimum atomic E-state index is -0.227. The summed E-state index contributed by atoms with van der Waals surface area (Å²) < 4.78 is 15.6. The summed E-state index contributed by atoms with van der Waals surface area (Å²) in [5.74, 6) is 0.954. The predicted octanol–water partition coefficient (Wildman–Crippen LogP) is 4.74. The highest BCUT2D eigenvalue weighted by Crippen LogP contribution is 2.30. The molecule has 6 heteroatoms. The Morgan fingerprint density at radius 1 is 0.875 bits per heavy atom. The number of methoxy groups -OCH3 is 3. The summed E-state index contributed by atoms with van der Waals surface area (Å²) in [5.41, 5.74) is 3.89. The third-order valence-corrected chi connectivity index (χ3v) is 5.55. The fourth-order valence-electron chi connectivity index (χ4n) is 3.72. The van der Waals surface area contributed by atoms with Crippen molar-refractivity contribution >= 4 is 11.9 Å². The van der Waals surface area contributed by atoms with Gasteiger partial charge in [-0.25, -0.2) is 0 Å². The van der Waals surface area contributed by atoms with Gasteiger partial charge >= 0.3 is 5.97 Å². The number of aryl methyl sites for hydroxylation is 2. The summed E-state index contributed by atoms with van der Waals surface area (Å²) in [6, 6.07) is 12.0. The Balaban J connectivity index is 2.12. The fraction of sp³-hybridized carbons (Fsp3) is 0.462. The van der Waals surface area contributed by atoms with Gasteiger partial charge < -0.3 is 19.1 Å². The second-order valence-electron chi connectivity index (χ2n) is 7.92. The third-order valence-electron chi connectivity index (χ3n) is 5.55. The standard InChI is InChI=1S/C26H35NO5/c1-19-10-8-11-21(16-19)12-9-15-27(14-7-6-13-25(28)32-5)26(29)22-17-23(30-3)20(2)24(18-22)31-4/h8,10-11,16-18H,6-7,9,12-15H2,1-5H3. The molecule has 0 aromatic heterocycles. The lowest BCUT2D eigenvalue weighted by atomic mass is 10.1. The molecule has 2 aromatic rings. The third kappa shape index (κ3) is 7.29. The number of hydrogen-bond acceptors (Lipinski definition) is 5. The lowest BCUT2D eigenvalue weighted by Gasteiger charge is -2.24. The first-order valence-electron chi connectivity index (χ1n) is 11.0. The number of hydrogen-bond donors (Lipinski definition) is 0. The molecular weight excluding hydrogens is 406 g/mol. The van der Waals surface area contributed by atoms with Crippen molar-refractivity contribution in [3.8, 4) is 11.5 Å². The lowest BCUT2D eigenvalue weighted by Crippen LogP contribution is -2.33. The van der Waals surface area contributed by atoms with Crippen molar-refractivity contribution in [2.75, 3.05) is 34.4 Å². The van der Waals surface area contributed by atoms with Gasteiger partial charge in [0.25, 0.3) is 5.91 Å². The molecule has 0 aliphatic rings. The number of nitrogens with zero attached hydrogens (tertiary/aromatic N) is 1. The molecule has 0 saturated carbocycles. The second kappa shape index (κ2) is 12.7. The molecule has 2 aromatic carbocycles. The molecule has 2 rings (SSSR count). The summed E-state index contributed by atoms with van der Waals surface area (Å²) in [6.45, 7) is 5.18. The molecule has 32 heavy (non-hydrogen) atoms. The van der Waals surface area contributed by atoms with Gasteiger partial charge in [-0.3, -0.25) is 9.59 Å². The molecule has 0 atom stereocenters. The monoisotopic (exact) mass is 441 g/mol. The summed E-state index contributed by atoms with van der Waals surface area (Å²) in [6.07, 6.45) is 3.51. The Morgan fingerprint density at radius 2 is 1.53 bits per heavy atom. The Hall–Kier alpha value is -3.02. The molecule has 0 bridgehead atoms. The van der Waals surface area contributed by atoms with Crippen LogP contribution in [0.1, 0.15) is 52.7 Å². The van der Waals surface area contributed by atoms with Gasteiger partial charge in [-0.1, -0.05) is 29.8 Å². The van der Waals surface area contributed by atoms with Crippen LogP contribution in [0.25, 0.3) is 0 Å². The van der Waals surface area contributed by atoms with Crippen molar-refractivity contribution in [3.05, 3.63) is 58.7 Å². The second-order valence-corrected chi connectivity index (χ2v) is 7.92. The number of ether oxygens (including phenoxy) is 3. The molecule has 0 N–H and O–H groups in total. The predicted molar refractivity (Wildman–Crippen MR) is 126 cm³/mol. The van der Waals surface area contributed by atoms with Crippen molar-refractivity contribution in [1.29, 1.82) is 0 Å². The van der Waals surface area contributed by atoms with E-state index in [9.17, 15) is 9.59 Å². The first-order chi connectivity index (χ1) is 15.4. The fourth-order valence-corrected chi connectivity index (χ4v) is 3.72. The van der Waals surface area contributed by atoms with Gasteiger partial charge in [-0.15, -0.1) is 0 Å². The number of carbonyl (C=O) groups is 2. The number of unbranched alkanes of at least 4 members (excludes halogenated alkanes) is 1. The van der Waals surface area contributed by atoms with E-state index in [2.05, 4.69) is 31.2 Å². The maximum Gasteiger partial charge on any atom is 0.305 e. The molecule has 0 aliphatic carbocycles. The number of amides is 1. The van der Waals surface area contributed by atoms with Crippen LogP contribution < -0.4 is 9.47 Å². The highest BCUT2D eigenvalue weighted by atomic mass is 16.5. The van der Waals surface area contributed by atoms with Crippen LogP contribution in [0.4, 0.5) is 0 Å². The van der Waals surface area contributed by atoms with Crippen LogP contribution in [-0.2, 0) is 16.0 Å². The van der Waals surface area contributed by atoms with Crippen LogP contribution in [0.2, 0.25) is 0 Å². The number of esters is 1. The summed E-state index contributed by atoms with van der Waals surface area (Å²) in [7, 11) is 4.56. The molecular formula is C26H35NO5. The molecule has 0 fully saturated rings. The van der Waals surface area contributed by atoms with Crippen LogP contribution >= 0.6 is 0 Å². The van der Waals surface area contributed by atoms with E-state index in [0.29, 0.717) is 43.0 Å². The van der Waals surface area contributed by atoms with Gasteiger partial charge in [0.2, 0.25) is 0 Å². The zero-order valence-corrected chi connectivity index (χ0v) is 19.9. The SMILES string of the molecule is COC(=O)CCCCN(CCCc1cccc(C)c1)C(=O)c1cc(OC)c(C)c(OC)c1. The van der Waals surface area contributed by atoms with Gasteiger partial charge in [0.1, 0.15) is 11.5 Å². The van der Waals surface area contributed by atoms with Gasteiger partial charge in [0.15, 0.2) is 0 Å².